The fraction of sp³-hybridized carbons (Fsp3) is 0.381. The molecule has 0 unspecified atom stereocenters. The smallest absolute Gasteiger partial charge is 0.260 e. The third kappa shape index (κ3) is 4.25. The molecule has 2 aromatic heterocycles. The van der Waals surface area contributed by atoms with Gasteiger partial charge in [0.1, 0.15) is 5.65 Å². The highest BCUT2D eigenvalue weighted by atomic mass is 35.5. The molecule has 8 heteroatoms. The number of fused-ring (bicyclic) bond motifs is 1. The number of nitrogens with one attached hydrogen (secondary N) is 1. The Balaban J connectivity index is 0.00000240. The van der Waals surface area contributed by atoms with Crippen molar-refractivity contribution in [1.82, 2.24) is 14.5 Å². The van der Waals surface area contributed by atoms with Crippen LogP contribution in [0, 0.1) is 0 Å². The SMILES string of the molecule is C[C@H](Nc1ncc2cc(-c3ccccc3Cl)c(=O)n(C3CC3)c2n1)C(C)(C)O.Cl. The van der Waals surface area contributed by atoms with Gasteiger partial charge in [0, 0.05) is 33.8 Å². The Kier molecular flexibility index (Phi) is 5.90. The standard InChI is InChI=1S/C21H23ClN4O2.ClH/c1-12(21(2,3)28)24-20-23-11-13-10-16(15-6-4-5-7-17(15)22)19(27)26(14-8-9-14)18(13)25-20;/h4-7,10-12,14,28H,8-9H2,1-3H3,(H,23,24,25);1H/t12-;/m0./s1. The number of benzene rings is 1. The molecule has 2 heterocycles. The highest BCUT2D eigenvalue weighted by Crippen LogP contribution is 2.37. The maximum absolute atomic E-state index is 13.3. The van der Waals surface area contributed by atoms with Crippen molar-refractivity contribution in [3.8, 4) is 11.1 Å². The number of rotatable bonds is 5. The van der Waals surface area contributed by atoms with Gasteiger partial charge < -0.3 is 10.4 Å². The molecule has 1 aliphatic rings. The highest BCUT2D eigenvalue weighted by Gasteiger charge is 2.29. The van der Waals surface area contributed by atoms with E-state index in [1.807, 2.05) is 25.1 Å². The highest BCUT2D eigenvalue weighted by molar-refractivity contribution is 6.33. The van der Waals surface area contributed by atoms with E-state index in [0.717, 1.165) is 18.2 Å². The van der Waals surface area contributed by atoms with Crippen LogP contribution in [0.3, 0.4) is 0 Å². The normalized spacial score (nSPS) is 15.1. The lowest BCUT2D eigenvalue weighted by molar-refractivity contribution is 0.0646. The van der Waals surface area contributed by atoms with Crippen LogP contribution in [0.25, 0.3) is 22.2 Å². The lowest BCUT2D eigenvalue weighted by Crippen LogP contribution is -2.39. The van der Waals surface area contributed by atoms with Gasteiger partial charge >= 0.3 is 0 Å². The Morgan fingerprint density at radius 3 is 2.59 bits per heavy atom. The molecule has 0 bridgehead atoms. The van der Waals surface area contributed by atoms with Crippen LogP contribution in [0.4, 0.5) is 5.95 Å². The van der Waals surface area contributed by atoms with E-state index in [2.05, 4.69) is 15.3 Å². The molecule has 3 aromatic rings. The molecule has 0 radical (unpaired) electrons. The second-order valence-corrected chi connectivity index (χ2v) is 8.34. The van der Waals surface area contributed by atoms with Crippen molar-refractivity contribution in [2.45, 2.75) is 51.3 Å². The van der Waals surface area contributed by atoms with Crippen molar-refractivity contribution in [1.29, 1.82) is 0 Å². The van der Waals surface area contributed by atoms with Crippen molar-refractivity contribution in [3.63, 3.8) is 0 Å². The molecule has 1 fully saturated rings. The first-order valence-electron chi connectivity index (χ1n) is 9.42. The summed E-state index contributed by atoms with van der Waals surface area (Å²) in [7, 11) is 0. The molecule has 1 aromatic carbocycles. The van der Waals surface area contributed by atoms with Gasteiger partial charge in [-0.2, -0.15) is 4.98 Å². The fourth-order valence-electron chi connectivity index (χ4n) is 3.10. The van der Waals surface area contributed by atoms with Gasteiger partial charge in [-0.15, -0.1) is 12.4 Å². The van der Waals surface area contributed by atoms with Gasteiger partial charge in [-0.25, -0.2) is 4.98 Å². The van der Waals surface area contributed by atoms with Gasteiger partial charge in [-0.1, -0.05) is 29.8 Å². The first-order valence-corrected chi connectivity index (χ1v) is 9.79. The molecule has 0 spiro atoms. The average molecular weight is 435 g/mol. The molecule has 0 amide bonds. The molecule has 29 heavy (non-hydrogen) atoms. The van der Waals surface area contributed by atoms with Gasteiger partial charge in [0.2, 0.25) is 5.95 Å². The summed E-state index contributed by atoms with van der Waals surface area (Å²) in [6.45, 7) is 5.31. The van der Waals surface area contributed by atoms with E-state index in [1.54, 1.807) is 36.7 Å². The predicted octanol–water partition coefficient (Wildman–Crippen LogP) is 4.44. The summed E-state index contributed by atoms with van der Waals surface area (Å²) in [5.41, 5.74) is 0.845. The first kappa shape index (κ1) is 21.6. The topological polar surface area (TPSA) is 80.0 Å². The van der Waals surface area contributed by atoms with E-state index in [0.29, 0.717) is 27.7 Å². The summed E-state index contributed by atoms with van der Waals surface area (Å²) in [5, 5.41) is 14.6. The zero-order chi connectivity index (χ0) is 20.1. The van der Waals surface area contributed by atoms with E-state index in [9.17, 15) is 9.90 Å². The number of nitrogens with zero attached hydrogens (tertiary/aromatic N) is 3. The summed E-state index contributed by atoms with van der Waals surface area (Å²) in [4.78, 5) is 22.3. The summed E-state index contributed by atoms with van der Waals surface area (Å²) >= 11 is 6.34. The van der Waals surface area contributed by atoms with Crippen LogP contribution in [0.1, 0.15) is 39.7 Å². The molecular formula is C21H24Cl2N4O2. The van der Waals surface area contributed by atoms with Crippen LogP contribution in [0.5, 0.6) is 0 Å². The average Bonchev–Trinajstić information content (AvgIpc) is 3.46. The van der Waals surface area contributed by atoms with Gasteiger partial charge in [0.05, 0.1) is 11.6 Å². The third-order valence-electron chi connectivity index (χ3n) is 5.25. The lowest BCUT2D eigenvalue weighted by Gasteiger charge is -2.26. The zero-order valence-electron chi connectivity index (χ0n) is 16.5. The molecule has 2 N–H and O–H groups in total. The number of aromatic nitrogens is 3. The van der Waals surface area contributed by atoms with Crippen LogP contribution < -0.4 is 10.9 Å². The summed E-state index contributed by atoms with van der Waals surface area (Å²) in [5.74, 6) is 0.390. The Bertz CT molecular complexity index is 1100. The monoisotopic (exact) mass is 434 g/mol. The molecule has 0 saturated heterocycles. The van der Waals surface area contributed by atoms with Crippen molar-refractivity contribution < 1.29 is 5.11 Å². The number of hydrogen-bond donors (Lipinski definition) is 2. The van der Waals surface area contributed by atoms with Crippen LogP contribution in [0.2, 0.25) is 5.02 Å². The van der Waals surface area contributed by atoms with E-state index in [-0.39, 0.29) is 30.0 Å². The molecule has 0 aliphatic heterocycles. The molecular weight excluding hydrogens is 411 g/mol. The minimum absolute atomic E-state index is 0. The maximum Gasteiger partial charge on any atom is 0.260 e. The predicted molar refractivity (Wildman–Crippen MR) is 119 cm³/mol. The molecule has 1 aliphatic carbocycles. The lowest BCUT2D eigenvalue weighted by atomic mass is 10.0. The van der Waals surface area contributed by atoms with E-state index in [4.69, 9.17) is 11.6 Å². The fourth-order valence-corrected chi connectivity index (χ4v) is 3.34. The van der Waals surface area contributed by atoms with Gasteiger partial charge in [0.15, 0.2) is 0 Å². The van der Waals surface area contributed by atoms with Crippen molar-refractivity contribution in [2.24, 2.45) is 0 Å². The Labute approximate surface area is 180 Å². The van der Waals surface area contributed by atoms with E-state index in [1.165, 1.54) is 0 Å². The minimum atomic E-state index is -0.928. The Hall–Kier alpha value is -2.15. The van der Waals surface area contributed by atoms with E-state index < -0.39 is 5.60 Å². The Morgan fingerprint density at radius 1 is 1.28 bits per heavy atom. The van der Waals surface area contributed by atoms with Crippen LogP contribution in [-0.2, 0) is 0 Å². The van der Waals surface area contributed by atoms with Crippen molar-refractivity contribution >= 4 is 41.0 Å². The summed E-state index contributed by atoms with van der Waals surface area (Å²) in [6, 6.07) is 9.04. The van der Waals surface area contributed by atoms with Crippen LogP contribution >= 0.6 is 24.0 Å². The van der Waals surface area contributed by atoms with Gasteiger partial charge in [0.25, 0.3) is 5.56 Å². The molecule has 6 nitrogen and oxygen atoms in total. The number of pyridine rings is 1. The third-order valence-corrected chi connectivity index (χ3v) is 5.58. The quantitative estimate of drug-likeness (QED) is 0.620. The van der Waals surface area contributed by atoms with Gasteiger partial charge in [-0.3, -0.25) is 9.36 Å². The van der Waals surface area contributed by atoms with Crippen molar-refractivity contribution in [2.75, 3.05) is 5.32 Å². The zero-order valence-corrected chi connectivity index (χ0v) is 18.1. The van der Waals surface area contributed by atoms with Crippen LogP contribution in [-0.4, -0.2) is 31.3 Å². The van der Waals surface area contributed by atoms with Crippen LogP contribution in [0.15, 0.2) is 41.3 Å². The summed E-state index contributed by atoms with van der Waals surface area (Å²) < 4.78 is 1.76. The van der Waals surface area contributed by atoms with Gasteiger partial charge in [-0.05, 0) is 45.7 Å². The minimum Gasteiger partial charge on any atom is -0.388 e. The number of hydrogen-bond acceptors (Lipinski definition) is 5. The Morgan fingerprint density at radius 2 is 1.97 bits per heavy atom. The van der Waals surface area contributed by atoms with E-state index >= 15 is 0 Å². The summed E-state index contributed by atoms with van der Waals surface area (Å²) in [6.07, 6.45) is 3.61. The maximum atomic E-state index is 13.3. The molecule has 1 saturated carbocycles. The largest absolute Gasteiger partial charge is 0.388 e. The number of halogens is 2. The van der Waals surface area contributed by atoms with Crippen molar-refractivity contribution in [3.05, 3.63) is 51.9 Å². The molecule has 154 valence electrons. The molecule has 1 atom stereocenters. The second kappa shape index (κ2) is 7.94. The number of anilines is 1. The number of aliphatic hydroxyl groups is 1. The first-order chi connectivity index (χ1) is 13.3. The second-order valence-electron chi connectivity index (χ2n) is 7.94. The molecule has 4 rings (SSSR count).